The first kappa shape index (κ1) is 19.0. The molecule has 0 unspecified atom stereocenters. The highest BCUT2D eigenvalue weighted by Gasteiger charge is 2.15. The van der Waals surface area contributed by atoms with Crippen molar-refractivity contribution < 1.29 is 9.53 Å². The van der Waals surface area contributed by atoms with Crippen LogP contribution in [0.15, 0.2) is 30.3 Å². The third-order valence-electron chi connectivity index (χ3n) is 3.96. The number of hydrogen-bond acceptors (Lipinski definition) is 4. The summed E-state index contributed by atoms with van der Waals surface area (Å²) in [6.07, 6.45) is 3.37. The Labute approximate surface area is 166 Å². The third kappa shape index (κ3) is 4.11. The highest BCUT2D eigenvalue weighted by molar-refractivity contribution is 7.22. The van der Waals surface area contributed by atoms with Crippen LogP contribution in [0.2, 0.25) is 10.0 Å². The molecule has 0 spiro atoms. The summed E-state index contributed by atoms with van der Waals surface area (Å²) in [7, 11) is 1.47. The number of unbranched alkanes of at least 4 members (excludes halogenated alkanes) is 1. The van der Waals surface area contributed by atoms with Gasteiger partial charge in [0.1, 0.15) is 0 Å². The number of hydrogen-bond donors (Lipinski definition) is 1. The Morgan fingerprint density at radius 2 is 1.96 bits per heavy atom. The van der Waals surface area contributed by atoms with Crippen LogP contribution in [0.1, 0.15) is 35.7 Å². The summed E-state index contributed by atoms with van der Waals surface area (Å²) in [6, 6.07) is 9.27. The molecule has 1 amide bonds. The molecule has 0 saturated carbocycles. The van der Waals surface area contributed by atoms with Gasteiger partial charge in [-0.2, -0.15) is 0 Å². The van der Waals surface area contributed by atoms with Gasteiger partial charge in [0.05, 0.1) is 27.4 Å². The lowest BCUT2D eigenvalue weighted by molar-refractivity contribution is 0.102. The van der Waals surface area contributed by atoms with Crippen molar-refractivity contribution >= 4 is 55.8 Å². The van der Waals surface area contributed by atoms with Crippen LogP contribution >= 0.6 is 34.5 Å². The number of fused-ring (bicyclic) bond motifs is 1. The molecule has 0 aliphatic heterocycles. The van der Waals surface area contributed by atoms with Gasteiger partial charge in [0.25, 0.3) is 5.91 Å². The molecule has 1 aromatic heterocycles. The fraction of sp³-hybridized carbons (Fsp3) is 0.263. The van der Waals surface area contributed by atoms with E-state index in [1.165, 1.54) is 36.1 Å². The normalized spacial score (nSPS) is 10.9. The second kappa shape index (κ2) is 8.25. The highest BCUT2D eigenvalue weighted by atomic mass is 35.5. The number of anilines is 1. The molecule has 0 radical (unpaired) electrons. The summed E-state index contributed by atoms with van der Waals surface area (Å²) >= 11 is 13.7. The molecule has 0 aliphatic rings. The Morgan fingerprint density at radius 1 is 1.23 bits per heavy atom. The van der Waals surface area contributed by atoms with E-state index in [4.69, 9.17) is 27.9 Å². The summed E-state index contributed by atoms with van der Waals surface area (Å²) in [4.78, 5) is 17.0. The molecule has 2 aromatic carbocycles. The van der Waals surface area contributed by atoms with E-state index >= 15 is 0 Å². The number of halogens is 2. The summed E-state index contributed by atoms with van der Waals surface area (Å²) in [5.74, 6) is 0.0335. The Kier molecular flexibility index (Phi) is 6.01. The molecule has 26 heavy (non-hydrogen) atoms. The van der Waals surface area contributed by atoms with Crippen molar-refractivity contribution in [2.75, 3.05) is 12.4 Å². The molecule has 136 valence electrons. The average molecular weight is 409 g/mol. The van der Waals surface area contributed by atoms with Gasteiger partial charge in [-0.1, -0.05) is 53.9 Å². The third-order valence-corrected chi connectivity index (χ3v) is 5.45. The number of carbonyl (C=O) groups is 1. The van der Waals surface area contributed by atoms with Gasteiger partial charge < -0.3 is 4.74 Å². The molecule has 0 aliphatic carbocycles. The average Bonchev–Trinajstić information content (AvgIpc) is 3.01. The number of amides is 1. The van der Waals surface area contributed by atoms with E-state index in [0.29, 0.717) is 16.4 Å². The monoisotopic (exact) mass is 408 g/mol. The van der Waals surface area contributed by atoms with E-state index in [9.17, 15) is 4.79 Å². The lowest BCUT2D eigenvalue weighted by Crippen LogP contribution is -2.11. The van der Waals surface area contributed by atoms with Crippen molar-refractivity contribution in [3.05, 3.63) is 51.5 Å². The lowest BCUT2D eigenvalue weighted by atomic mass is 10.1. The molecule has 3 rings (SSSR count). The van der Waals surface area contributed by atoms with Crippen LogP contribution in [0.3, 0.4) is 0 Å². The smallest absolute Gasteiger partial charge is 0.257 e. The van der Waals surface area contributed by atoms with Crippen LogP contribution in [0.4, 0.5) is 5.13 Å². The maximum Gasteiger partial charge on any atom is 0.257 e. The number of benzene rings is 2. The van der Waals surface area contributed by atoms with Crippen LogP contribution in [0.25, 0.3) is 10.2 Å². The first-order chi connectivity index (χ1) is 12.5. The Hall–Kier alpha value is -1.82. The molecule has 7 heteroatoms. The van der Waals surface area contributed by atoms with E-state index < -0.39 is 0 Å². The first-order valence-corrected chi connectivity index (χ1v) is 9.83. The summed E-state index contributed by atoms with van der Waals surface area (Å²) in [6.45, 7) is 2.18. The summed E-state index contributed by atoms with van der Waals surface area (Å²) in [5.41, 5.74) is 2.51. The highest BCUT2D eigenvalue weighted by Crippen LogP contribution is 2.34. The second-order valence-electron chi connectivity index (χ2n) is 5.85. The van der Waals surface area contributed by atoms with Crippen molar-refractivity contribution in [1.29, 1.82) is 0 Å². The molecule has 4 nitrogen and oxygen atoms in total. The number of aromatic nitrogens is 1. The van der Waals surface area contributed by atoms with Gasteiger partial charge in [0.2, 0.25) is 0 Å². The summed E-state index contributed by atoms with van der Waals surface area (Å²) < 4.78 is 6.16. The van der Waals surface area contributed by atoms with Gasteiger partial charge in [-0.3, -0.25) is 10.1 Å². The molecule has 0 bridgehead atoms. The fourth-order valence-corrected chi connectivity index (χ4v) is 4.18. The van der Waals surface area contributed by atoms with Gasteiger partial charge in [-0.05, 0) is 42.7 Å². The van der Waals surface area contributed by atoms with Gasteiger partial charge >= 0.3 is 0 Å². The predicted octanol–water partition coefficient (Wildman–Crippen LogP) is 6.21. The van der Waals surface area contributed by atoms with Crippen LogP contribution in [0, 0.1) is 0 Å². The van der Waals surface area contributed by atoms with Gasteiger partial charge in [-0.15, -0.1) is 0 Å². The van der Waals surface area contributed by atoms with E-state index in [0.717, 1.165) is 29.5 Å². The Bertz CT molecular complexity index is 933. The largest absolute Gasteiger partial charge is 0.494 e. The number of rotatable bonds is 6. The SMILES string of the molecule is CCCCc1ccc2nc(NC(=O)c3cc(Cl)c(OC)c(Cl)c3)sc2c1. The predicted molar refractivity (Wildman–Crippen MR) is 109 cm³/mol. The van der Waals surface area contributed by atoms with Crippen molar-refractivity contribution in [3.63, 3.8) is 0 Å². The van der Waals surface area contributed by atoms with E-state index in [1.807, 2.05) is 6.07 Å². The van der Waals surface area contributed by atoms with Crippen molar-refractivity contribution in [3.8, 4) is 5.75 Å². The number of methoxy groups -OCH3 is 1. The van der Waals surface area contributed by atoms with Crippen molar-refractivity contribution in [2.45, 2.75) is 26.2 Å². The Balaban J connectivity index is 1.81. The van der Waals surface area contributed by atoms with E-state index in [2.05, 4.69) is 29.4 Å². The topological polar surface area (TPSA) is 51.2 Å². The fourth-order valence-electron chi connectivity index (χ4n) is 2.61. The minimum atomic E-state index is -0.318. The number of ether oxygens (including phenoxy) is 1. The lowest BCUT2D eigenvalue weighted by Gasteiger charge is -2.08. The molecular formula is C19H18Cl2N2O2S. The van der Waals surface area contributed by atoms with Gasteiger partial charge in [-0.25, -0.2) is 4.98 Å². The van der Waals surface area contributed by atoms with Crippen molar-refractivity contribution in [2.24, 2.45) is 0 Å². The van der Waals surface area contributed by atoms with Crippen LogP contribution < -0.4 is 10.1 Å². The molecule has 1 heterocycles. The second-order valence-corrected chi connectivity index (χ2v) is 7.70. The Morgan fingerprint density at radius 3 is 2.62 bits per heavy atom. The van der Waals surface area contributed by atoms with Gasteiger partial charge in [0.15, 0.2) is 10.9 Å². The maximum absolute atomic E-state index is 12.5. The van der Waals surface area contributed by atoms with Gasteiger partial charge in [0, 0.05) is 5.56 Å². The van der Waals surface area contributed by atoms with E-state index in [-0.39, 0.29) is 16.0 Å². The molecule has 3 aromatic rings. The molecule has 1 N–H and O–H groups in total. The quantitative estimate of drug-likeness (QED) is 0.527. The maximum atomic E-state index is 12.5. The molecule has 0 atom stereocenters. The molecule has 0 saturated heterocycles. The number of carbonyl (C=O) groups excluding carboxylic acids is 1. The number of nitrogens with zero attached hydrogens (tertiary/aromatic N) is 1. The molecular weight excluding hydrogens is 391 g/mol. The first-order valence-electron chi connectivity index (χ1n) is 8.25. The summed E-state index contributed by atoms with van der Waals surface area (Å²) in [5, 5.41) is 3.93. The van der Waals surface area contributed by atoms with Crippen LogP contribution in [0.5, 0.6) is 5.75 Å². The minimum absolute atomic E-state index is 0.287. The zero-order valence-corrected chi connectivity index (χ0v) is 16.8. The molecule has 0 fully saturated rings. The zero-order valence-electron chi connectivity index (χ0n) is 14.4. The zero-order chi connectivity index (χ0) is 18.7. The van der Waals surface area contributed by atoms with Crippen LogP contribution in [-0.4, -0.2) is 18.0 Å². The number of nitrogens with one attached hydrogen (secondary N) is 1. The van der Waals surface area contributed by atoms with Crippen molar-refractivity contribution in [1.82, 2.24) is 4.98 Å². The van der Waals surface area contributed by atoms with Crippen LogP contribution in [-0.2, 0) is 6.42 Å². The minimum Gasteiger partial charge on any atom is -0.494 e. The van der Waals surface area contributed by atoms with E-state index in [1.54, 1.807) is 0 Å². The number of aryl methyl sites for hydroxylation is 1. The number of thiazole rings is 1. The standard InChI is InChI=1S/C19H18Cl2N2O2S/c1-3-4-5-11-6-7-15-16(8-11)26-19(22-15)23-18(24)12-9-13(20)17(25-2)14(21)10-12/h6-10H,3-5H2,1-2H3,(H,22,23,24).